The van der Waals surface area contributed by atoms with Crippen molar-refractivity contribution in [2.24, 2.45) is 0 Å². The van der Waals surface area contributed by atoms with Gasteiger partial charge in [0.05, 0.1) is 4.90 Å². The third-order valence-electron chi connectivity index (χ3n) is 4.52. The number of amides is 1. The van der Waals surface area contributed by atoms with E-state index in [-0.39, 0.29) is 42.7 Å². The summed E-state index contributed by atoms with van der Waals surface area (Å²) in [6, 6.07) is 6.17. The topological polar surface area (TPSA) is 102 Å². The molecule has 0 atom stereocenters. The zero-order chi connectivity index (χ0) is 19.0. The Balaban J connectivity index is 1.46. The van der Waals surface area contributed by atoms with Gasteiger partial charge in [-0.1, -0.05) is 5.16 Å². The molecule has 0 N–H and O–H groups in total. The second-order valence-corrected chi connectivity index (χ2v) is 8.26. The van der Waals surface area contributed by atoms with Crippen molar-refractivity contribution in [1.29, 1.82) is 0 Å². The summed E-state index contributed by atoms with van der Waals surface area (Å²) >= 11 is 0. The third kappa shape index (κ3) is 3.37. The van der Waals surface area contributed by atoms with E-state index in [1.165, 1.54) is 16.4 Å². The van der Waals surface area contributed by atoms with Crippen LogP contribution in [0.4, 0.5) is 0 Å². The monoisotopic (exact) mass is 393 g/mol. The van der Waals surface area contributed by atoms with Crippen LogP contribution in [0.5, 0.6) is 11.5 Å². The van der Waals surface area contributed by atoms with Gasteiger partial charge in [-0.15, -0.1) is 0 Å². The van der Waals surface area contributed by atoms with Gasteiger partial charge in [-0.25, -0.2) is 8.42 Å². The van der Waals surface area contributed by atoms with Gasteiger partial charge < -0.3 is 18.9 Å². The predicted molar refractivity (Wildman–Crippen MR) is 93.3 cm³/mol. The fraction of sp³-hybridized carbons (Fsp3) is 0.412. The molecule has 0 unspecified atom stereocenters. The molecule has 1 aromatic carbocycles. The van der Waals surface area contributed by atoms with Crippen molar-refractivity contribution >= 4 is 15.9 Å². The molecule has 1 aromatic heterocycles. The lowest BCUT2D eigenvalue weighted by Crippen LogP contribution is -2.50. The van der Waals surface area contributed by atoms with Crippen LogP contribution in [0.3, 0.4) is 0 Å². The molecule has 2 aliphatic rings. The fourth-order valence-electron chi connectivity index (χ4n) is 3.09. The van der Waals surface area contributed by atoms with Gasteiger partial charge in [0, 0.05) is 38.3 Å². The van der Waals surface area contributed by atoms with Gasteiger partial charge >= 0.3 is 0 Å². The quantitative estimate of drug-likeness (QED) is 0.763. The third-order valence-corrected chi connectivity index (χ3v) is 6.42. The maximum Gasteiger partial charge on any atom is 0.276 e. The molecule has 3 heterocycles. The summed E-state index contributed by atoms with van der Waals surface area (Å²) in [4.78, 5) is 14.1. The maximum absolute atomic E-state index is 12.9. The van der Waals surface area contributed by atoms with Crippen LogP contribution in [-0.2, 0) is 10.0 Å². The highest BCUT2D eigenvalue weighted by atomic mass is 32.2. The number of hydrogen-bond donors (Lipinski definition) is 0. The lowest BCUT2D eigenvalue weighted by molar-refractivity contribution is 0.0687. The molecule has 27 heavy (non-hydrogen) atoms. The van der Waals surface area contributed by atoms with Crippen molar-refractivity contribution in [2.45, 2.75) is 11.8 Å². The van der Waals surface area contributed by atoms with E-state index in [1.54, 1.807) is 24.0 Å². The average molecular weight is 393 g/mol. The van der Waals surface area contributed by atoms with Crippen molar-refractivity contribution in [3.63, 3.8) is 0 Å². The number of aryl methyl sites for hydroxylation is 1. The number of rotatable bonds is 3. The number of nitrogens with zero attached hydrogens (tertiary/aromatic N) is 3. The molecule has 0 saturated carbocycles. The van der Waals surface area contributed by atoms with E-state index in [2.05, 4.69) is 5.16 Å². The van der Waals surface area contributed by atoms with E-state index < -0.39 is 10.0 Å². The number of hydrogen-bond acceptors (Lipinski definition) is 7. The van der Waals surface area contributed by atoms with Crippen molar-refractivity contribution in [3.05, 3.63) is 35.7 Å². The summed E-state index contributed by atoms with van der Waals surface area (Å²) in [5.74, 6) is 1.26. The van der Waals surface area contributed by atoms with Gasteiger partial charge in [0.15, 0.2) is 17.2 Å². The summed E-state index contributed by atoms with van der Waals surface area (Å²) < 4.78 is 43.0. The minimum Gasteiger partial charge on any atom is -0.486 e. The summed E-state index contributed by atoms with van der Waals surface area (Å²) in [7, 11) is -3.68. The van der Waals surface area contributed by atoms with Crippen LogP contribution in [0.2, 0.25) is 0 Å². The molecule has 9 nitrogen and oxygen atoms in total. The van der Waals surface area contributed by atoms with Gasteiger partial charge in [0.1, 0.15) is 19.0 Å². The minimum atomic E-state index is -3.68. The second-order valence-electron chi connectivity index (χ2n) is 6.32. The molecular formula is C17H19N3O6S. The van der Waals surface area contributed by atoms with Crippen LogP contribution in [0.1, 0.15) is 16.2 Å². The van der Waals surface area contributed by atoms with Crippen molar-refractivity contribution in [1.82, 2.24) is 14.4 Å². The largest absolute Gasteiger partial charge is 0.486 e. The van der Waals surface area contributed by atoms with Crippen LogP contribution >= 0.6 is 0 Å². The van der Waals surface area contributed by atoms with Crippen molar-refractivity contribution < 1.29 is 27.2 Å². The lowest BCUT2D eigenvalue weighted by atomic mass is 10.3. The first kappa shape index (κ1) is 17.8. The van der Waals surface area contributed by atoms with E-state index in [4.69, 9.17) is 14.0 Å². The first-order valence-corrected chi connectivity index (χ1v) is 10.0. The molecule has 2 aromatic rings. The van der Waals surface area contributed by atoms with E-state index >= 15 is 0 Å². The second kappa shape index (κ2) is 6.86. The Bertz CT molecular complexity index is 963. The number of carbonyl (C=O) groups excluding carboxylic acids is 1. The summed E-state index contributed by atoms with van der Waals surface area (Å²) in [5, 5.41) is 3.72. The van der Waals surface area contributed by atoms with Crippen LogP contribution in [0.15, 0.2) is 33.7 Å². The van der Waals surface area contributed by atoms with Crippen LogP contribution in [0.25, 0.3) is 0 Å². The molecular weight excluding hydrogens is 374 g/mol. The van der Waals surface area contributed by atoms with Gasteiger partial charge in [0.2, 0.25) is 10.0 Å². The number of aromatic nitrogens is 1. The SMILES string of the molecule is Cc1cc(C(=O)N2CCN(S(=O)(=O)c3ccc4c(c3)OCCO4)CC2)no1. The molecule has 0 radical (unpaired) electrons. The smallest absolute Gasteiger partial charge is 0.276 e. The number of piperazine rings is 1. The predicted octanol–water partition coefficient (Wildman–Crippen LogP) is 0.901. The number of ether oxygens (including phenoxy) is 2. The normalized spacial score (nSPS) is 17.7. The molecule has 144 valence electrons. The highest BCUT2D eigenvalue weighted by molar-refractivity contribution is 7.89. The molecule has 0 bridgehead atoms. The van der Waals surface area contributed by atoms with E-state index in [1.807, 2.05) is 0 Å². The highest BCUT2D eigenvalue weighted by Crippen LogP contribution is 2.33. The number of carbonyl (C=O) groups is 1. The summed E-state index contributed by atoms with van der Waals surface area (Å²) in [6.45, 7) is 3.53. The number of benzene rings is 1. The van der Waals surface area contributed by atoms with Gasteiger partial charge in [-0.05, 0) is 19.1 Å². The Morgan fingerprint density at radius 1 is 1.04 bits per heavy atom. The Morgan fingerprint density at radius 2 is 1.74 bits per heavy atom. The van der Waals surface area contributed by atoms with Crippen LogP contribution in [0, 0.1) is 6.92 Å². The molecule has 0 aliphatic carbocycles. The molecule has 4 rings (SSSR count). The lowest BCUT2D eigenvalue weighted by Gasteiger charge is -2.33. The zero-order valence-corrected chi connectivity index (χ0v) is 15.6. The molecule has 1 amide bonds. The maximum atomic E-state index is 12.9. The Labute approximate surface area is 156 Å². The van der Waals surface area contributed by atoms with E-state index in [0.717, 1.165) is 0 Å². The Kier molecular flexibility index (Phi) is 4.52. The highest BCUT2D eigenvalue weighted by Gasteiger charge is 2.32. The Morgan fingerprint density at radius 3 is 2.41 bits per heavy atom. The first-order chi connectivity index (χ1) is 12.9. The zero-order valence-electron chi connectivity index (χ0n) is 14.8. The van der Waals surface area contributed by atoms with Gasteiger partial charge in [-0.3, -0.25) is 4.79 Å². The summed E-state index contributed by atoms with van der Waals surface area (Å²) in [5.41, 5.74) is 0.232. The van der Waals surface area contributed by atoms with E-state index in [9.17, 15) is 13.2 Å². The molecule has 1 fully saturated rings. The van der Waals surface area contributed by atoms with Crippen molar-refractivity contribution in [2.75, 3.05) is 39.4 Å². The average Bonchev–Trinajstić information content (AvgIpc) is 3.13. The molecule has 0 spiro atoms. The molecule has 1 saturated heterocycles. The summed E-state index contributed by atoms with van der Waals surface area (Å²) in [6.07, 6.45) is 0. The van der Waals surface area contributed by atoms with Gasteiger partial charge in [-0.2, -0.15) is 4.31 Å². The molecule has 10 heteroatoms. The standard InChI is InChI=1S/C17H19N3O6S/c1-12-10-14(18-26-12)17(21)19-4-6-20(7-5-19)27(22,23)13-2-3-15-16(11-13)25-9-8-24-15/h2-3,10-11H,4-9H2,1H3. The number of sulfonamides is 1. The van der Waals surface area contributed by atoms with E-state index in [0.29, 0.717) is 30.5 Å². The molecule has 2 aliphatic heterocycles. The number of fused-ring (bicyclic) bond motifs is 1. The van der Waals surface area contributed by atoms with Gasteiger partial charge in [0.25, 0.3) is 5.91 Å². The van der Waals surface area contributed by atoms with Crippen LogP contribution < -0.4 is 9.47 Å². The Hall–Kier alpha value is -2.59. The fourth-order valence-corrected chi connectivity index (χ4v) is 4.53. The van der Waals surface area contributed by atoms with Crippen molar-refractivity contribution in [3.8, 4) is 11.5 Å². The minimum absolute atomic E-state index is 0.152. The van der Waals surface area contributed by atoms with Crippen LogP contribution in [-0.4, -0.2) is 68.1 Å². The first-order valence-electron chi connectivity index (χ1n) is 8.57.